The second-order valence-electron chi connectivity index (χ2n) is 9.66. The molecule has 3 aromatic carbocycles. The van der Waals surface area contributed by atoms with Crippen molar-refractivity contribution in [3.63, 3.8) is 0 Å². The summed E-state index contributed by atoms with van der Waals surface area (Å²) in [6.45, 7) is -0.845. The lowest BCUT2D eigenvalue weighted by Gasteiger charge is -2.34. The Kier molecular flexibility index (Phi) is 11.7. The van der Waals surface area contributed by atoms with Crippen LogP contribution in [0.15, 0.2) is 88.7 Å². The quantitative estimate of drug-likeness (QED) is 0.241. The van der Waals surface area contributed by atoms with Crippen LogP contribution in [0.2, 0.25) is 0 Å². The molecule has 0 N–H and O–H groups in total. The number of rotatable bonds is 14. The highest BCUT2D eigenvalue weighted by atomic mass is 32.2. The molecule has 0 saturated carbocycles. The summed E-state index contributed by atoms with van der Waals surface area (Å²) in [7, 11) is -4.91. The monoisotopic (exact) mass is 653 g/mol. The van der Waals surface area contributed by atoms with Crippen LogP contribution in [0.3, 0.4) is 0 Å². The van der Waals surface area contributed by atoms with Gasteiger partial charge < -0.3 is 9.47 Å². The Hall–Kier alpha value is -3.76. The third-order valence-electron chi connectivity index (χ3n) is 6.92. The van der Waals surface area contributed by atoms with Crippen LogP contribution in [0, 0.1) is 11.6 Å². The van der Waals surface area contributed by atoms with Crippen LogP contribution in [0.5, 0.6) is 0 Å². The molecular formula is C29H33F2N3O8S2. The van der Waals surface area contributed by atoms with Gasteiger partial charge in [-0.05, 0) is 29.8 Å². The zero-order valence-electron chi connectivity index (χ0n) is 24.5. The molecule has 2 unspecified atom stereocenters. The summed E-state index contributed by atoms with van der Waals surface area (Å²) in [4.78, 5) is 26.1. The largest absolute Gasteiger partial charge is 0.468 e. The van der Waals surface area contributed by atoms with E-state index in [0.717, 1.165) is 52.6 Å². The number of ether oxygens (including phenoxy) is 2. The summed E-state index contributed by atoms with van der Waals surface area (Å²) in [5, 5.41) is 0. The maximum absolute atomic E-state index is 14.5. The molecule has 0 saturated heterocycles. The van der Waals surface area contributed by atoms with E-state index in [4.69, 9.17) is 9.47 Å². The summed E-state index contributed by atoms with van der Waals surface area (Å²) in [6.07, 6.45) is 0. The molecule has 0 fully saturated rings. The van der Waals surface area contributed by atoms with Gasteiger partial charge in [-0.2, -0.15) is 8.61 Å². The fourth-order valence-electron chi connectivity index (χ4n) is 4.44. The number of nitrogens with zero attached hydrogens (tertiary/aromatic N) is 3. The summed E-state index contributed by atoms with van der Waals surface area (Å²) < 4.78 is 93.8. The Morgan fingerprint density at radius 2 is 1.02 bits per heavy atom. The average molecular weight is 654 g/mol. The first-order valence-corrected chi connectivity index (χ1v) is 16.0. The maximum atomic E-state index is 14.5. The SMILES string of the molecule is COC(=O)C(CN(Cc1ccccc1)CC(C(=O)OC)N(C)S(=O)(=O)c1ccccc1F)N(C)S(=O)(=O)c1ccccc1F. The van der Waals surface area contributed by atoms with Crippen molar-refractivity contribution in [2.45, 2.75) is 28.4 Å². The molecule has 0 aliphatic carbocycles. The lowest BCUT2D eigenvalue weighted by molar-refractivity contribution is -0.146. The lowest BCUT2D eigenvalue weighted by Crippen LogP contribution is -2.54. The predicted molar refractivity (Wildman–Crippen MR) is 156 cm³/mol. The molecule has 0 aliphatic rings. The molecule has 0 amide bonds. The molecule has 0 spiro atoms. The topological polar surface area (TPSA) is 131 Å². The molecule has 3 rings (SSSR count). The molecule has 44 heavy (non-hydrogen) atoms. The van der Waals surface area contributed by atoms with Crippen LogP contribution in [0.4, 0.5) is 8.78 Å². The summed E-state index contributed by atoms with van der Waals surface area (Å²) in [6, 6.07) is 14.8. The molecule has 3 aromatic rings. The second kappa shape index (κ2) is 14.8. The lowest BCUT2D eigenvalue weighted by atomic mass is 10.1. The normalized spacial score (nSPS) is 13.6. The zero-order valence-corrected chi connectivity index (χ0v) is 26.1. The summed E-state index contributed by atoms with van der Waals surface area (Å²) in [5.41, 5.74) is 0.666. The number of carbonyl (C=O) groups is 2. The summed E-state index contributed by atoms with van der Waals surface area (Å²) in [5.74, 6) is -4.05. The average Bonchev–Trinajstić information content (AvgIpc) is 3.01. The van der Waals surface area contributed by atoms with Gasteiger partial charge in [0.1, 0.15) is 33.5 Å². The van der Waals surface area contributed by atoms with E-state index in [1.807, 2.05) is 0 Å². The zero-order chi connectivity index (χ0) is 32.7. The summed E-state index contributed by atoms with van der Waals surface area (Å²) >= 11 is 0. The number of likely N-dealkylation sites (N-methyl/N-ethyl adjacent to an activating group) is 2. The number of hydrogen-bond donors (Lipinski definition) is 0. The van der Waals surface area contributed by atoms with E-state index in [1.54, 1.807) is 30.3 Å². The van der Waals surface area contributed by atoms with Gasteiger partial charge in [0.15, 0.2) is 0 Å². The standard InChI is InChI=1S/C29H33F2N3O8S2/c1-32(43(37,38)26-16-10-8-14-22(26)30)24(28(35)41-3)19-34(18-21-12-6-5-7-13-21)20-25(29(36)42-4)33(2)44(39,40)27-17-11-9-15-23(27)31/h5-17,24-25H,18-20H2,1-4H3. The van der Waals surface area contributed by atoms with Crippen LogP contribution >= 0.6 is 0 Å². The number of halogens is 2. The first-order valence-electron chi connectivity index (χ1n) is 13.1. The maximum Gasteiger partial charge on any atom is 0.325 e. The van der Waals surface area contributed by atoms with Crippen molar-refractivity contribution in [3.8, 4) is 0 Å². The second-order valence-corrected chi connectivity index (χ2v) is 13.6. The van der Waals surface area contributed by atoms with Crippen molar-refractivity contribution in [1.29, 1.82) is 0 Å². The third kappa shape index (κ3) is 7.84. The van der Waals surface area contributed by atoms with E-state index in [2.05, 4.69) is 0 Å². The van der Waals surface area contributed by atoms with Crippen LogP contribution < -0.4 is 0 Å². The highest BCUT2D eigenvalue weighted by Gasteiger charge is 2.40. The minimum atomic E-state index is -4.58. The van der Waals surface area contributed by atoms with Crippen molar-refractivity contribution in [2.75, 3.05) is 41.4 Å². The van der Waals surface area contributed by atoms with E-state index in [-0.39, 0.29) is 6.54 Å². The first kappa shape index (κ1) is 34.7. The molecule has 0 aromatic heterocycles. The Bertz CT molecular complexity index is 1570. The Morgan fingerprint density at radius 1 is 0.659 bits per heavy atom. The number of benzene rings is 3. The molecule has 238 valence electrons. The van der Waals surface area contributed by atoms with E-state index >= 15 is 0 Å². The Balaban J connectivity index is 2.06. The van der Waals surface area contributed by atoms with Gasteiger partial charge >= 0.3 is 11.9 Å². The molecular weight excluding hydrogens is 620 g/mol. The van der Waals surface area contributed by atoms with Gasteiger partial charge in [0.25, 0.3) is 0 Å². The van der Waals surface area contributed by atoms with Crippen LogP contribution in [-0.4, -0.2) is 95.8 Å². The van der Waals surface area contributed by atoms with Crippen molar-refractivity contribution >= 4 is 32.0 Å². The molecule has 2 atom stereocenters. The van der Waals surface area contributed by atoms with Gasteiger partial charge in [0, 0.05) is 33.7 Å². The van der Waals surface area contributed by atoms with E-state index < -0.39 is 78.6 Å². The smallest absolute Gasteiger partial charge is 0.325 e. The number of esters is 2. The van der Waals surface area contributed by atoms with Crippen molar-refractivity contribution in [1.82, 2.24) is 13.5 Å². The van der Waals surface area contributed by atoms with Crippen molar-refractivity contribution in [2.24, 2.45) is 0 Å². The van der Waals surface area contributed by atoms with Gasteiger partial charge in [0.2, 0.25) is 20.0 Å². The molecule has 0 radical (unpaired) electrons. The number of hydrogen-bond acceptors (Lipinski definition) is 9. The van der Waals surface area contributed by atoms with E-state index in [9.17, 15) is 35.2 Å². The number of methoxy groups -OCH3 is 2. The molecule has 0 aliphatic heterocycles. The minimum absolute atomic E-state index is 0.00298. The van der Waals surface area contributed by atoms with Gasteiger partial charge in [0.05, 0.1) is 14.2 Å². The molecule has 0 heterocycles. The van der Waals surface area contributed by atoms with Gasteiger partial charge in [-0.25, -0.2) is 25.6 Å². The van der Waals surface area contributed by atoms with Gasteiger partial charge in [-0.15, -0.1) is 0 Å². The van der Waals surface area contributed by atoms with E-state index in [1.165, 1.54) is 29.2 Å². The van der Waals surface area contributed by atoms with Crippen LogP contribution in [-0.2, 0) is 45.7 Å². The highest BCUT2D eigenvalue weighted by molar-refractivity contribution is 7.89. The van der Waals surface area contributed by atoms with E-state index in [0.29, 0.717) is 14.2 Å². The van der Waals surface area contributed by atoms with Crippen molar-refractivity contribution < 1.29 is 44.7 Å². The van der Waals surface area contributed by atoms with Gasteiger partial charge in [-0.1, -0.05) is 54.6 Å². The fraction of sp³-hybridized carbons (Fsp3) is 0.310. The molecule has 11 nitrogen and oxygen atoms in total. The number of carbonyl (C=O) groups excluding carboxylic acids is 2. The van der Waals surface area contributed by atoms with Crippen LogP contribution in [0.25, 0.3) is 0 Å². The van der Waals surface area contributed by atoms with Crippen molar-refractivity contribution in [3.05, 3.63) is 96.1 Å². The highest BCUT2D eigenvalue weighted by Crippen LogP contribution is 2.24. The Morgan fingerprint density at radius 3 is 1.39 bits per heavy atom. The third-order valence-corrected chi connectivity index (χ3v) is 10.7. The molecule has 0 bridgehead atoms. The Labute approximate surface area is 255 Å². The number of sulfonamides is 2. The predicted octanol–water partition coefficient (Wildman–Crippen LogP) is 2.49. The minimum Gasteiger partial charge on any atom is -0.468 e. The molecule has 15 heteroatoms. The van der Waals surface area contributed by atoms with Crippen LogP contribution in [0.1, 0.15) is 5.56 Å². The fourth-order valence-corrected chi connectivity index (χ4v) is 7.16. The first-order chi connectivity index (χ1) is 20.7. The van der Waals surface area contributed by atoms with Gasteiger partial charge in [-0.3, -0.25) is 14.5 Å².